The minimum Gasteiger partial charge on any atom is -0.458 e. The zero-order chi connectivity index (χ0) is 25.9. The van der Waals surface area contributed by atoms with E-state index in [1.807, 2.05) is 13.0 Å². The molecular weight excluding hydrogens is 488 g/mol. The average molecular weight is 515 g/mol. The standard InChI is InChI=1S/C25H27ClN4O6/c1-4-25(11-10-19(25)36-24(33)17-8-6-5-7-9-17)21(35-16(3)32)18(34-15(2)31)12-30-14-29-20-22(26)27-13-28-23(20)30/h5-9,13-14,18-19,21H,4,10-12H2,1-3H3/t18-,19+,21?,25+/m1/s1. The summed E-state index contributed by atoms with van der Waals surface area (Å²) >= 11 is 6.14. The fourth-order valence-corrected chi connectivity index (χ4v) is 5.02. The number of nitrogens with zero attached hydrogens (tertiary/aromatic N) is 4. The van der Waals surface area contributed by atoms with Crippen LogP contribution in [0, 0.1) is 5.41 Å². The summed E-state index contributed by atoms with van der Waals surface area (Å²) in [5.74, 6) is -1.54. The van der Waals surface area contributed by atoms with Gasteiger partial charge in [-0.15, -0.1) is 0 Å². The number of benzene rings is 1. The van der Waals surface area contributed by atoms with Crippen LogP contribution in [-0.2, 0) is 30.3 Å². The Morgan fingerprint density at radius 3 is 2.44 bits per heavy atom. The van der Waals surface area contributed by atoms with Crippen molar-refractivity contribution >= 4 is 40.7 Å². The second-order valence-corrected chi connectivity index (χ2v) is 9.15. The summed E-state index contributed by atoms with van der Waals surface area (Å²) in [4.78, 5) is 49.6. The summed E-state index contributed by atoms with van der Waals surface area (Å²) in [6, 6.07) is 8.69. The van der Waals surface area contributed by atoms with Gasteiger partial charge in [0.2, 0.25) is 0 Å². The minimum atomic E-state index is -0.907. The number of carbonyl (C=O) groups excluding carboxylic acids is 3. The van der Waals surface area contributed by atoms with E-state index in [1.165, 1.54) is 26.5 Å². The Labute approximate surface area is 212 Å². The van der Waals surface area contributed by atoms with Gasteiger partial charge >= 0.3 is 17.9 Å². The Kier molecular flexibility index (Phi) is 7.53. The molecule has 0 spiro atoms. The van der Waals surface area contributed by atoms with Crippen molar-refractivity contribution in [2.75, 3.05) is 0 Å². The second-order valence-electron chi connectivity index (χ2n) is 8.80. The fraction of sp³-hybridized carbons (Fsp3) is 0.440. The number of hydrogen-bond donors (Lipinski definition) is 0. The van der Waals surface area contributed by atoms with Crippen molar-refractivity contribution in [1.82, 2.24) is 19.5 Å². The minimum absolute atomic E-state index is 0.0858. The highest BCUT2D eigenvalue weighted by Gasteiger charge is 2.58. The van der Waals surface area contributed by atoms with Crippen LogP contribution in [0.15, 0.2) is 43.0 Å². The molecule has 1 aromatic carbocycles. The SMILES string of the molecule is CC[C@]1(C(OC(C)=O)[C@@H](Cn2cnc3c(Cl)ncnc32)OC(C)=O)CC[C@@H]1OC(=O)c1ccccc1. The fourth-order valence-electron chi connectivity index (χ4n) is 4.84. The van der Waals surface area contributed by atoms with E-state index >= 15 is 0 Å². The molecule has 0 radical (unpaired) electrons. The summed E-state index contributed by atoms with van der Waals surface area (Å²) in [5, 5.41) is 0.191. The van der Waals surface area contributed by atoms with E-state index in [-0.39, 0.29) is 11.7 Å². The number of esters is 3. The van der Waals surface area contributed by atoms with Crippen molar-refractivity contribution in [1.29, 1.82) is 0 Å². The van der Waals surface area contributed by atoms with E-state index in [0.29, 0.717) is 36.0 Å². The van der Waals surface area contributed by atoms with Gasteiger partial charge in [0.1, 0.15) is 24.1 Å². The number of imidazole rings is 1. The maximum atomic E-state index is 12.8. The normalized spacial score (nSPS) is 20.7. The van der Waals surface area contributed by atoms with E-state index in [4.69, 9.17) is 25.8 Å². The molecule has 1 fully saturated rings. The number of carbonyl (C=O) groups is 3. The van der Waals surface area contributed by atoms with Gasteiger partial charge in [-0.2, -0.15) is 0 Å². The summed E-state index contributed by atoms with van der Waals surface area (Å²) in [7, 11) is 0. The molecule has 10 nitrogen and oxygen atoms in total. The first-order valence-electron chi connectivity index (χ1n) is 11.7. The maximum Gasteiger partial charge on any atom is 0.338 e. The summed E-state index contributed by atoms with van der Waals surface area (Å²) in [5.41, 5.74) is 0.517. The van der Waals surface area contributed by atoms with E-state index in [2.05, 4.69) is 15.0 Å². The predicted octanol–water partition coefficient (Wildman–Crippen LogP) is 3.76. The first-order valence-corrected chi connectivity index (χ1v) is 12.0. The largest absolute Gasteiger partial charge is 0.458 e. The molecule has 1 unspecified atom stereocenters. The van der Waals surface area contributed by atoms with Crippen LogP contribution in [0.25, 0.3) is 11.2 Å². The molecule has 0 aliphatic heterocycles. The molecule has 190 valence electrons. The molecule has 1 aliphatic rings. The predicted molar refractivity (Wildman–Crippen MR) is 129 cm³/mol. The summed E-state index contributed by atoms with van der Waals surface area (Å²) < 4.78 is 19.1. The molecule has 1 aliphatic carbocycles. The van der Waals surface area contributed by atoms with Crippen LogP contribution >= 0.6 is 11.6 Å². The Hall–Kier alpha value is -3.53. The number of halogens is 1. The van der Waals surface area contributed by atoms with E-state index in [0.717, 1.165) is 0 Å². The number of hydrogen-bond acceptors (Lipinski definition) is 9. The Bertz CT molecular complexity index is 1260. The average Bonchev–Trinajstić information content (AvgIpc) is 3.25. The van der Waals surface area contributed by atoms with Gasteiger partial charge in [0, 0.05) is 19.3 Å². The highest BCUT2D eigenvalue weighted by molar-refractivity contribution is 6.33. The van der Waals surface area contributed by atoms with Gasteiger partial charge in [-0.05, 0) is 31.4 Å². The number of fused-ring (bicyclic) bond motifs is 1. The summed E-state index contributed by atoms with van der Waals surface area (Å²) in [6.07, 6.45) is 2.22. The molecule has 11 heteroatoms. The number of aromatic nitrogens is 4. The Morgan fingerprint density at radius 1 is 1.11 bits per heavy atom. The topological polar surface area (TPSA) is 123 Å². The van der Waals surface area contributed by atoms with Crippen molar-refractivity contribution in [3.63, 3.8) is 0 Å². The molecule has 2 aromatic heterocycles. The highest BCUT2D eigenvalue weighted by Crippen LogP contribution is 2.51. The third kappa shape index (κ3) is 5.04. The van der Waals surface area contributed by atoms with Crippen LogP contribution in [-0.4, -0.2) is 55.7 Å². The number of rotatable bonds is 9. The van der Waals surface area contributed by atoms with Gasteiger partial charge in [-0.3, -0.25) is 9.59 Å². The zero-order valence-electron chi connectivity index (χ0n) is 20.2. The lowest BCUT2D eigenvalue weighted by atomic mass is 9.59. The van der Waals surface area contributed by atoms with E-state index in [9.17, 15) is 14.4 Å². The second kappa shape index (κ2) is 10.6. The molecule has 4 rings (SSSR count). The van der Waals surface area contributed by atoms with Crippen LogP contribution in [0.5, 0.6) is 0 Å². The van der Waals surface area contributed by atoms with Crippen LogP contribution in [0.4, 0.5) is 0 Å². The van der Waals surface area contributed by atoms with Crippen LogP contribution in [0.3, 0.4) is 0 Å². The zero-order valence-corrected chi connectivity index (χ0v) is 21.0. The lowest BCUT2D eigenvalue weighted by molar-refractivity contribution is -0.209. The summed E-state index contributed by atoms with van der Waals surface area (Å²) in [6.45, 7) is 4.60. The first-order chi connectivity index (χ1) is 17.2. The van der Waals surface area contributed by atoms with E-state index in [1.54, 1.807) is 28.8 Å². The van der Waals surface area contributed by atoms with Crippen LogP contribution in [0.2, 0.25) is 5.15 Å². The van der Waals surface area contributed by atoms with Crippen molar-refractivity contribution in [3.8, 4) is 0 Å². The maximum absolute atomic E-state index is 12.8. The van der Waals surface area contributed by atoms with Crippen molar-refractivity contribution in [2.45, 2.75) is 64.9 Å². The van der Waals surface area contributed by atoms with Crippen molar-refractivity contribution < 1.29 is 28.6 Å². The Morgan fingerprint density at radius 2 is 1.83 bits per heavy atom. The van der Waals surface area contributed by atoms with Crippen molar-refractivity contribution in [2.24, 2.45) is 5.41 Å². The first kappa shape index (κ1) is 25.6. The molecule has 4 atom stereocenters. The molecule has 0 bridgehead atoms. The monoisotopic (exact) mass is 514 g/mol. The molecule has 0 N–H and O–H groups in total. The molecule has 3 aromatic rings. The lowest BCUT2D eigenvalue weighted by Crippen LogP contribution is -2.60. The smallest absolute Gasteiger partial charge is 0.338 e. The van der Waals surface area contributed by atoms with Gasteiger partial charge in [0.25, 0.3) is 0 Å². The third-order valence-electron chi connectivity index (χ3n) is 6.68. The highest BCUT2D eigenvalue weighted by atomic mass is 35.5. The lowest BCUT2D eigenvalue weighted by Gasteiger charge is -2.53. The van der Waals surface area contributed by atoms with Crippen LogP contribution < -0.4 is 0 Å². The molecular formula is C25H27ClN4O6. The van der Waals surface area contributed by atoms with Gasteiger partial charge in [-0.1, -0.05) is 36.7 Å². The molecule has 2 heterocycles. The van der Waals surface area contributed by atoms with Crippen LogP contribution in [0.1, 0.15) is 50.4 Å². The molecule has 36 heavy (non-hydrogen) atoms. The quantitative estimate of drug-likeness (QED) is 0.238. The van der Waals surface area contributed by atoms with Gasteiger partial charge < -0.3 is 18.8 Å². The van der Waals surface area contributed by atoms with Gasteiger partial charge in [0.05, 0.1) is 18.4 Å². The Balaban J connectivity index is 1.67. The third-order valence-corrected chi connectivity index (χ3v) is 6.95. The van der Waals surface area contributed by atoms with Crippen molar-refractivity contribution in [3.05, 3.63) is 53.7 Å². The van der Waals surface area contributed by atoms with Gasteiger partial charge in [-0.25, -0.2) is 19.7 Å². The van der Waals surface area contributed by atoms with E-state index < -0.39 is 41.6 Å². The van der Waals surface area contributed by atoms with Gasteiger partial charge in [0.15, 0.2) is 16.9 Å². The molecule has 0 amide bonds. The molecule has 0 saturated heterocycles. The number of ether oxygens (including phenoxy) is 3. The molecule has 1 saturated carbocycles.